The molecule has 0 radical (unpaired) electrons. The van der Waals surface area contributed by atoms with E-state index in [0.717, 1.165) is 10.1 Å². The van der Waals surface area contributed by atoms with Gasteiger partial charge in [-0.25, -0.2) is 4.98 Å². The Labute approximate surface area is 141 Å². The number of anilines is 1. The van der Waals surface area contributed by atoms with Crippen LogP contribution in [0.1, 0.15) is 11.3 Å². The summed E-state index contributed by atoms with van der Waals surface area (Å²) in [5.41, 5.74) is 1.06. The Morgan fingerprint density at radius 2 is 2.12 bits per heavy atom. The number of carbonyl (C=O) groups is 1. The van der Waals surface area contributed by atoms with Crippen LogP contribution in [0.5, 0.6) is 5.75 Å². The van der Waals surface area contributed by atoms with Crippen molar-refractivity contribution >= 4 is 29.2 Å². The Kier molecular flexibility index (Phi) is 4.22. The molecular weight excluding hydrogens is 334 g/mol. The molecule has 0 spiro atoms. The number of hydrogen-bond acceptors (Lipinski definition) is 5. The van der Waals surface area contributed by atoms with Crippen LogP contribution in [-0.2, 0) is 4.79 Å². The third kappa shape index (κ3) is 3.38. The lowest BCUT2D eigenvalue weighted by atomic mass is 10.2. The quantitative estimate of drug-likeness (QED) is 0.748. The fraction of sp³-hybridized carbons (Fsp3) is 0.200. The zero-order chi connectivity index (χ0) is 17.3. The van der Waals surface area contributed by atoms with Gasteiger partial charge in [-0.05, 0) is 37.6 Å². The molecule has 0 unspecified atom stereocenters. The van der Waals surface area contributed by atoms with Gasteiger partial charge in [0.2, 0.25) is 5.95 Å². The summed E-state index contributed by atoms with van der Waals surface area (Å²) in [5.74, 6) is 0.442. The Morgan fingerprint density at radius 1 is 1.33 bits per heavy atom. The van der Waals surface area contributed by atoms with Gasteiger partial charge in [0.25, 0.3) is 17.2 Å². The number of ether oxygens (including phenoxy) is 1. The number of benzene rings is 1. The predicted octanol–water partition coefficient (Wildman–Crippen LogP) is 1.71. The van der Waals surface area contributed by atoms with Crippen molar-refractivity contribution in [3.63, 3.8) is 0 Å². The zero-order valence-corrected chi connectivity index (χ0v) is 13.7. The first-order chi connectivity index (χ1) is 11.4. The summed E-state index contributed by atoms with van der Waals surface area (Å²) >= 11 is 5.87. The maximum Gasteiger partial charge on any atom is 0.274 e. The van der Waals surface area contributed by atoms with E-state index in [4.69, 9.17) is 16.3 Å². The minimum Gasteiger partial charge on any atom is -0.483 e. The second-order valence-electron chi connectivity index (χ2n) is 5.19. The summed E-state index contributed by atoms with van der Waals surface area (Å²) in [7, 11) is 0. The lowest BCUT2D eigenvalue weighted by molar-refractivity contribution is -0.118. The van der Waals surface area contributed by atoms with Crippen LogP contribution < -0.4 is 15.6 Å². The van der Waals surface area contributed by atoms with Gasteiger partial charge in [0.15, 0.2) is 6.61 Å². The predicted molar refractivity (Wildman–Crippen MR) is 88.7 cm³/mol. The molecule has 2 heterocycles. The number of halogens is 1. The molecule has 0 fully saturated rings. The van der Waals surface area contributed by atoms with E-state index in [1.807, 2.05) is 6.92 Å². The summed E-state index contributed by atoms with van der Waals surface area (Å²) < 4.78 is 6.59. The van der Waals surface area contributed by atoms with Crippen LogP contribution in [0.15, 0.2) is 29.1 Å². The number of aromatic amines is 1. The summed E-state index contributed by atoms with van der Waals surface area (Å²) in [4.78, 5) is 31.9. The monoisotopic (exact) mass is 347 g/mol. The summed E-state index contributed by atoms with van der Waals surface area (Å²) in [6, 6.07) is 6.48. The maximum atomic E-state index is 12.0. The van der Waals surface area contributed by atoms with E-state index in [-0.39, 0.29) is 23.9 Å². The van der Waals surface area contributed by atoms with Crippen LogP contribution in [-0.4, -0.2) is 32.1 Å². The van der Waals surface area contributed by atoms with Crippen LogP contribution in [0.25, 0.3) is 5.78 Å². The van der Waals surface area contributed by atoms with E-state index < -0.39 is 5.91 Å². The molecule has 3 rings (SSSR count). The minimum absolute atomic E-state index is 0.117. The minimum atomic E-state index is -0.423. The number of carbonyl (C=O) groups excluding carboxylic acids is 1. The molecule has 124 valence electrons. The number of aryl methyl sites for hydroxylation is 2. The number of nitrogens with one attached hydrogen (secondary N) is 2. The lowest BCUT2D eigenvalue weighted by Gasteiger charge is -2.08. The highest BCUT2D eigenvalue weighted by Crippen LogP contribution is 2.21. The van der Waals surface area contributed by atoms with Gasteiger partial charge in [-0.1, -0.05) is 11.6 Å². The van der Waals surface area contributed by atoms with E-state index in [0.29, 0.717) is 16.5 Å². The van der Waals surface area contributed by atoms with Gasteiger partial charge < -0.3 is 4.74 Å². The van der Waals surface area contributed by atoms with Crippen molar-refractivity contribution in [1.29, 1.82) is 0 Å². The molecular formula is C15H14ClN5O3. The van der Waals surface area contributed by atoms with Gasteiger partial charge in [0.1, 0.15) is 5.75 Å². The average molecular weight is 348 g/mol. The summed E-state index contributed by atoms with van der Waals surface area (Å²) in [5, 5.41) is 5.78. The van der Waals surface area contributed by atoms with Gasteiger partial charge in [-0.3, -0.25) is 20.0 Å². The Bertz CT molecular complexity index is 979. The first kappa shape index (κ1) is 16.0. The van der Waals surface area contributed by atoms with Gasteiger partial charge in [0, 0.05) is 16.8 Å². The van der Waals surface area contributed by atoms with E-state index in [1.54, 1.807) is 25.1 Å². The number of rotatable bonds is 4. The normalized spacial score (nSPS) is 10.8. The highest BCUT2D eigenvalue weighted by molar-refractivity contribution is 6.30. The molecule has 0 atom stereocenters. The highest BCUT2D eigenvalue weighted by atomic mass is 35.5. The zero-order valence-electron chi connectivity index (χ0n) is 13.0. The third-order valence-corrected chi connectivity index (χ3v) is 3.45. The molecule has 24 heavy (non-hydrogen) atoms. The Balaban J connectivity index is 1.69. The van der Waals surface area contributed by atoms with E-state index in [1.165, 1.54) is 6.07 Å². The van der Waals surface area contributed by atoms with Gasteiger partial charge in [-0.2, -0.15) is 9.50 Å². The molecule has 0 aliphatic carbocycles. The molecule has 0 aliphatic rings. The van der Waals surface area contributed by atoms with Crippen molar-refractivity contribution in [2.24, 2.45) is 0 Å². The average Bonchev–Trinajstić information content (AvgIpc) is 2.89. The maximum absolute atomic E-state index is 12.0. The highest BCUT2D eigenvalue weighted by Gasteiger charge is 2.10. The van der Waals surface area contributed by atoms with E-state index in [9.17, 15) is 9.59 Å². The number of fused-ring (bicyclic) bond motifs is 1. The molecule has 1 aromatic carbocycles. The summed E-state index contributed by atoms with van der Waals surface area (Å²) in [6.07, 6.45) is 0. The lowest BCUT2D eigenvalue weighted by Crippen LogP contribution is -2.21. The number of H-pyrrole nitrogens is 1. The molecule has 2 N–H and O–H groups in total. The third-order valence-electron chi connectivity index (χ3n) is 3.21. The van der Waals surface area contributed by atoms with Crippen molar-refractivity contribution in [2.45, 2.75) is 13.8 Å². The van der Waals surface area contributed by atoms with E-state index >= 15 is 0 Å². The van der Waals surface area contributed by atoms with Crippen LogP contribution in [0.2, 0.25) is 5.02 Å². The van der Waals surface area contributed by atoms with E-state index in [2.05, 4.69) is 20.4 Å². The van der Waals surface area contributed by atoms with Crippen molar-refractivity contribution < 1.29 is 9.53 Å². The number of amides is 1. The van der Waals surface area contributed by atoms with Gasteiger partial charge in [0.05, 0.1) is 0 Å². The molecule has 3 aromatic rings. The Hall–Kier alpha value is -2.87. The second-order valence-corrected chi connectivity index (χ2v) is 5.63. The fourth-order valence-electron chi connectivity index (χ4n) is 2.13. The van der Waals surface area contributed by atoms with Crippen LogP contribution in [0, 0.1) is 13.8 Å². The van der Waals surface area contributed by atoms with Crippen LogP contribution in [0.3, 0.4) is 0 Å². The number of aromatic nitrogens is 4. The largest absolute Gasteiger partial charge is 0.483 e. The van der Waals surface area contributed by atoms with Crippen LogP contribution in [0.4, 0.5) is 5.95 Å². The fourth-order valence-corrected chi connectivity index (χ4v) is 2.36. The summed E-state index contributed by atoms with van der Waals surface area (Å²) in [6.45, 7) is 3.32. The molecule has 2 aromatic heterocycles. The Morgan fingerprint density at radius 3 is 2.88 bits per heavy atom. The van der Waals surface area contributed by atoms with Crippen molar-refractivity contribution in [1.82, 2.24) is 19.6 Å². The molecule has 0 saturated carbocycles. The number of nitrogens with zero attached hydrogens (tertiary/aromatic N) is 3. The van der Waals surface area contributed by atoms with Gasteiger partial charge >= 0.3 is 0 Å². The molecule has 8 nitrogen and oxygen atoms in total. The molecule has 0 aliphatic heterocycles. The smallest absolute Gasteiger partial charge is 0.274 e. The van der Waals surface area contributed by atoms with Crippen LogP contribution >= 0.6 is 11.6 Å². The van der Waals surface area contributed by atoms with Crippen molar-refractivity contribution in [2.75, 3.05) is 11.9 Å². The SMILES string of the molecule is Cc1cc(=O)n2[nH]c(NC(=O)COc3ccc(Cl)cc3C)nc2n1. The standard InChI is InChI=1S/C15H14ClN5O3/c1-8-5-10(16)3-4-11(8)24-7-12(22)18-14-19-15-17-9(2)6-13(23)21(15)20-14/h3-6H,7H2,1-2H3,(H2,17,18,19,20,22). The molecule has 0 saturated heterocycles. The first-order valence-corrected chi connectivity index (χ1v) is 7.45. The molecule has 0 bridgehead atoms. The molecule has 9 heteroatoms. The van der Waals surface area contributed by atoms with Crippen molar-refractivity contribution in [3.05, 3.63) is 50.9 Å². The van der Waals surface area contributed by atoms with Crippen molar-refractivity contribution in [3.8, 4) is 5.75 Å². The topological polar surface area (TPSA) is 101 Å². The first-order valence-electron chi connectivity index (χ1n) is 7.07. The molecule has 1 amide bonds. The van der Waals surface area contributed by atoms with Gasteiger partial charge in [-0.15, -0.1) is 0 Å². The number of hydrogen-bond donors (Lipinski definition) is 2. The second kappa shape index (κ2) is 6.32.